The standard InChI is InChI=1S/C13H12OTe/c1-2-15-13(14)12-8-7-10-5-3-4-6-11(10)9-12/h3-9H,2H2,1H3. The summed E-state index contributed by atoms with van der Waals surface area (Å²) >= 11 is -0.481. The van der Waals surface area contributed by atoms with E-state index in [-0.39, 0.29) is 0 Å². The van der Waals surface area contributed by atoms with Gasteiger partial charge in [-0.1, -0.05) is 0 Å². The second kappa shape index (κ2) is 4.79. The van der Waals surface area contributed by atoms with Crippen LogP contribution in [0.3, 0.4) is 0 Å². The van der Waals surface area contributed by atoms with Crippen LogP contribution in [0.15, 0.2) is 42.5 Å². The topological polar surface area (TPSA) is 17.1 Å². The fourth-order valence-electron chi connectivity index (χ4n) is 1.53. The third-order valence-corrected chi connectivity index (χ3v) is 4.51. The molecule has 0 fully saturated rings. The van der Waals surface area contributed by atoms with E-state index in [1.165, 1.54) is 5.39 Å². The van der Waals surface area contributed by atoms with Crippen molar-refractivity contribution in [2.24, 2.45) is 0 Å². The molecule has 0 N–H and O–H groups in total. The predicted octanol–water partition coefficient (Wildman–Crippen LogP) is 3.12. The van der Waals surface area contributed by atoms with Gasteiger partial charge >= 0.3 is 99.7 Å². The average molecular weight is 312 g/mol. The van der Waals surface area contributed by atoms with Crippen LogP contribution in [0, 0.1) is 0 Å². The zero-order chi connectivity index (χ0) is 10.7. The summed E-state index contributed by atoms with van der Waals surface area (Å²) in [5.74, 6) is 0. The van der Waals surface area contributed by atoms with Crippen molar-refractivity contribution in [3.8, 4) is 0 Å². The van der Waals surface area contributed by atoms with Gasteiger partial charge in [0.15, 0.2) is 0 Å². The van der Waals surface area contributed by atoms with E-state index in [9.17, 15) is 4.79 Å². The monoisotopic (exact) mass is 314 g/mol. The van der Waals surface area contributed by atoms with E-state index in [4.69, 9.17) is 0 Å². The number of fused-ring (bicyclic) bond motifs is 1. The summed E-state index contributed by atoms with van der Waals surface area (Å²) in [6, 6.07) is 14.1. The van der Waals surface area contributed by atoms with Crippen LogP contribution < -0.4 is 0 Å². The minimum atomic E-state index is -0.481. The molecule has 15 heavy (non-hydrogen) atoms. The number of hydrogen-bond donors (Lipinski definition) is 0. The number of carbonyl (C=O) groups excluding carboxylic acids is 1. The van der Waals surface area contributed by atoms with Crippen molar-refractivity contribution in [2.45, 2.75) is 11.4 Å². The van der Waals surface area contributed by atoms with Gasteiger partial charge in [-0.15, -0.1) is 0 Å². The number of carbonyl (C=O) groups is 1. The maximum atomic E-state index is 11.7. The van der Waals surface area contributed by atoms with Crippen LogP contribution >= 0.6 is 0 Å². The van der Waals surface area contributed by atoms with E-state index in [1.54, 1.807) is 0 Å². The van der Waals surface area contributed by atoms with E-state index < -0.39 is 20.9 Å². The third-order valence-electron chi connectivity index (χ3n) is 2.26. The van der Waals surface area contributed by atoms with E-state index in [0.717, 1.165) is 15.4 Å². The summed E-state index contributed by atoms with van der Waals surface area (Å²) in [5.41, 5.74) is 0.887. The van der Waals surface area contributed by atoms with E-state index in [0.29, 0.717) is 3.83 Å². The van der Waals surface area contributed by atoms with Gasteiger partial charge in [0.05, 0.1) is 0 Å². The molecule has 2 rings (SSSR count). The Balaban J connectivity index is 2.42. The molecule has 2 aromatic carbocycles. The zero-order valence-electron chi connectivity index (χ0n) is 8.57. The fraction of sp³-hybridized carbons (Fsp3) is 0.154. The van der Waals surface area contributed by atoms with Gasteiger partial charge in [-0.3, -0.25) is 0 Å². The number of rotatable bonds is 3. The van der Waals surface area contributed by atoms with Gasteiger partial charge in [0, 0.05) is 0 Å². The summed E-state index contributed by atoms with van der Waals surface area (Å²) < 4.78 is 1.41. The van der Waals surface area contributed by atoms with Crippen molar-refractivity contribution >= 4 is 35.5 Å². The van der Waals surface area contributed by atoms with Crippen molar-refractivity contribution in [1.82, 2.24) is 0 Å². The van der Waals surface area contributed by atoms with Crippen LogP contribution in [0.2, 0.25) is 4.47 Å². The molecule has 0 unspecified atom stereocenters. The quantitative estimate of drug-likeness (QED) is 0.796. The van der Waals surface area contributed by atoms with Gasteiger partial charge in [-0.05, 0) is 0 Å². The Bertz CT molecular complexity index is 491. The first-order valence-electron chi connectivity index (χ1n) is 4.97. The van der Waals surface area contributed by atoms with Crippen molar-refractivity contribution in [1.29, 1.82) is 0 Å². The van der Waals surface area contributed by atoms with E-state index in [2.05, 4.69) is 19.1 Å². The molecule has 0 radical (unpaired) electrons. The predicted molar refractivity (Wildman–Crippen MR) is 64.5 cm³/mol. The molecule has 1 nitrogen and oxygen atoms in total. The zero-order valence-corrected chi connectivity index (χ0v) is 10.9. The molecule has 0 atom stereocenters. The molecule has 2 heteroatoms. The second-order valence-corrected chi connectivity index (χ2v) is 6.81. The van der Waals surface area contributed by atoms with Gasteiger partial charge < -0.3 is 0 Å². The van der Waals surface area contributed by atoms with E-state index in [1.807, 2.05) is 30.3 Å². The molecular weight excluding hydrogens is 300 g/mol. The van der Waals surface area contributed by atoms with Crippen LogP contribution in [0.25, 0.3) is 10.8 Å². The molecule has 0 amide bonds. The first-order chi connectivity index (χ1) is 7.31. The summed E-state index contributed by atoms with van der Waals surface area (Å²) in [7, 11) is 0. The first kappa shape index (κ1) is 10.7. The van der Waals surface area contributed by atoms with Crippen LogP contribution in [0.1, 0.15) is 17.3 Å². The van der Waals surface area contributed by atoms with Crippen molar-refractivity contribution in [3.05, 3.63) is 48.0 Å². The van der Waals surface area contributed by atoms with Crippen molar-refractivity contribution in [3.63, 3.8) is 0 Å². The van der Waals surface area contributed by atoms with Crippen LogP contribution in [-0.2, 0) is 0 Å². The number of benzene rings is 2. The van der Waals surface area contributed by atoms with Gasteiger partial charge in [-0.25, -0.2) is 0 Å². The first-order valence-corrected chi connectivity index (χ1v) is 7.78. The molecule has 0 aliphatic carbocycles. The minimum absolute atomic E-state index is 0.369. The maximum absolute atomic E-state index is 11.7. The van der Waals surface area contributed by atoms with Crippen LogP contribution in [0.4, 0.5) is 0 Å². The molecule has 76 valence electrons. The molecule has 0 saturated carbocycles. The average Bonchev–Trinajstić information content (AvgIpc) is 2.29. The van der Waals surface area contributed by atoms with Gasteiger partial charge in [0.25, 0.3) is 0 Å². The summed E-state index contributed by atoms with van der Waals surface area (Å²) in [5, 5.41) is 2.36. The summed E-state index contributed by atoms with van der Waals surface area (Å²) in [4.78, 5) is 11.7. The van der Waals surface area contributed by atoms with Gasteiger partial charge in [0.2, 0.25) is 0 Å². The fourth-order valence-corrected chi connectivity index (χ4v) is 3.12. The second-order valence-electron chi connectivity index (χ2n) is 3.28. The Morgan fingerprint density at radius 1 is 1.13 bits per heavy atom. The molecule has 0 saturated heterocycles. The molecule has 0 aromatic heterocycles. The molecule has 0 bridgehead atoms. The van der Waals surface area contributed by atoms with Gasteiger partial charge in [-0.2, -0.15) is 0 Å². The van der Waals surface area contributed by atoms with Crippen molar-refractivity contribution < 1.29 is 4.79 Å². The molecule has 0 spiro atoms. The van der Waals surface area contributed by atoms with Crippen LogP contribution in [-0.4, -0.2) is 24.8 Å². The SMILES string of the molecule is CC[Te]C(=O)c1ccc2ccccc2c1. The van der Waals surface area contributed by atoms with Crippen LogP contribution in [0.5, 0.6) is 0 Å². The Labute approximate surface area is 99.6 Å². The summed E-state index contributed by atoms with van der Waals surface area (Å²) in [6.45, 7) is 2.08. The summed E-state index contributed by atoms with van der Waals surface area (Å²) in [6.07, 6.45) is 0. The molecule has 0 aliphatic heterocycles. The Kier molecular flexibility index (Phi) is 3.41. The van der Waals surface area contributed by atoms with Gasteiger partial charge in [0.1, 0.15) is 0 Å². The van der Waals surface area contributed by atoms with E-state index >= 15 is 0 Å². The normalized spacial score (nSPS) is 10.5. The Morgan fingerprint density at radius 3 is 2.60 bits per heavy atom. The molecular formula is C13H12OTe. The molecule has 0 aliphatic rings. The third kappa shape index (κ3) is 2.39. The Hall–Kier alpha value is -0.840. The Morgan fingerprint density at radius 2 is 1.87 bits per heavy atom. The molecule has 2 aromatic rings. The molecule has 0 heterocycles. The number of hydrogen-bond acceptors (Lipinski definition) is 1. The van der Waals surface area contributed by atoms with Crippen molar-refractivity contribution in [2.75, 3.05) is 0 Å².